The van der Waals surface area contributed by atoms with Crippen molar-refractivity contribution in [3.63, 3.8) is 0 Å². The summed E-state index contributed by atoms with van der Waals surface area (Å²) >= 11 is 0. The lowest BCUT2D eigenvalue weighted by molar-refractivity contribution is 0.102. The van der Waals surface area contributed by atoms with Gasteiger partial charge in [-0.1, -0.05) is 5.10 Å². The highest BCUT2D eigenvalue weighted by Gasteiger charge is 2.11. The number of amides is 1. The van der Waals surface area contributed by atoms with E-state index < -0.39 is 0 Å². The number of anilines is 2. The number of tetrazole rings is 1. The van der Waals surface area contributed by atoms with Crippen LogP contribution < -0.4 is 10.6 Å². The van der Waals surface area contributed by atoms with Crippen molar-refractivity contribution in [3.8, 4) is 0 Å². The van der Waals surface area contributed by atoms with E-state index in [1.54, 1.807) is 25.4 Å². The molecule has 0 saturated heterocycles. The third-order valence-corrected chi connectivity index (χ3v) is 2.11. The van der Waals surface area contributed by atoms with Gasteiger partial charge < -0.3 is 5.32 Å². The van der Waals surface area contributed by atoms with Gasteiger partial charge in [-0.3, -0.25) is 15.1 Å². The Morgan fingerprint density at radius 1 is 1.50 bits per heavy atom. The maximum absolute atomic E-state index is 11.9. The van der Waals surface area contributed by atoms with E-state index in [4.69, 9.17) is 0 Å². The highest BCUT2D eigenvalue weighted by Crippen LogP contribution is 2.08. The SMILES string of the molecule is CCNc1ccnc(C(=O)Nc2nnn(C)n2)c1. The molecule has 0 aliphatic rings. The maximum Gasteiger partial charge on any atom is 0.276 e. The third kappa shape index (κ3) is 2.78. The van der Waals surface area contributed by atoms with Gasteiger partial charge in [0.25, 0.3) is 11.9 Å². The predicted molar refractivity (Wildman–Crippen MR) is 65.2 cm³/mol. The molecule has 0 unspecified atom stereocenters. The molecule has 0 aliphatic heterocycles. The van der Waals surface area contributed by atoms with Gasteiger partial charge in [0.2, 0.25) is 0 Å². The van der Waals surface area contributed by atoms with Crippen LogP contribution in [0.25, 0.3) is 0 Å². The average molecular weight is 247 g/mol. The number of aromatic nitrogens is 5. The molecule has 2 N–H and O–H groups in total. The second kappa shape index (κ2) is 5.21. The standard InChI is InChI=1S/C10H13N7O/c1-3-11-7-4-5-12-8(6-7)9(18)13-10-14-16-17(2)15-10/h4-6H,3H2,1-2H3,(H,11,12)(H,13,15,18). The Kier molecular flexibility index (Phi) is 3.46. The molecule has 2 heterocycles. The Labute approximate surface area is 103 Å². The van der Waals surface area contributed by atoms with E-state index in [0.717, 1.165) is 12.2 Å². The summed E-state index contributed by atoms with van der Waals surface area (Å²) < 4.78 is 0. The fraction of sp³-hybridized carbons (Fsp3) is 0.300. The first kappa shape index (κ1) is 12.0. The number of carbonyl (C=O) groups is 1. The van der Waals surface area contributed by atoms with E-state index in [-0.39, 0.29) is 11.9 Å². The summed E-state index contributed by atoms with van der Waals surface area (Å²) in [6.07, 6.45) is 1.57. The zero-order chi connectivity index (χ0) is 13.0. The first-order valence-electron chi connectivity index (χ1n) is 5.44. The molecule has 0 aromatic carbocycles. The zero-order valence-corrected chi connectivity index (χ0v) is 10.1. The summed E-state index contributed by atoms with van der Waals surface area (Å²) in [7, 11) is 1.62. The van der Waals surface area contributed by atoms with Crippen molar-refractivity contribution >= 4 is 17.5 Å². The normalized spacial score (nSPS) is 10.1. The van der Waals surface area contributed by atoms with E-state index in [1.165, 1.54) is 4.80 Å². The molecular weight excluding hydrogens is 234 g/mol. The van der Waals surface area contributed by atoms with Gasteiger partial charge in [-0.15, -0.1) is 5.10 Å². The molecule has 0 fully saturated rings. The Balaban J connectivity index is 2.11. The van der Waals surface area contributed by atoms with Crippen LogP contribution in [0.5, 0.6) is 0 Å². The van der Waals surface area contributed by atoms with Gasteiger partial charge in [-0.2, -0.15) is 4.80 Å². The van der Waals surface area contributed by atoms with Crippen LogP contribution in [0.15, 0.2) is 18.3 Å². The zero-order valence-electron chi connectivity index (χ0n) is 10.1. The minimum Gasteiger partial charge on any atom is -0.385 e. The second-order valence-electron chi connectivity index (χ2n) is 3.52. The van der Waals surface area contributed by atoms with Gasteiger partial charge in [-0.25, -0.2) is 0 Å². The van der Waals surface area contributed by atoms with Crippen LogP contribution in [-0.2, 0) is 7.05 Å². The molecule has 8 nitrogen and oxygen atoms in total. The fourth-order valence-electron chi connectivity index (χ4n) is 1.37. The topological polar surface area (TPSA) is 97.6 Å². The molecule has 1 amide bonds. The van der Waals surface area contributed by atoms with Crippen molar-refractivity contribution in [2.45, 2.75) is 6.92 Å². The molecule has 0 radical (unpaired) electrons. The maximum atomic E-state index is 11.9. The van der Waals surface area contributed by atoms with Crippen LogP contribution in [0, 0.1) is 0 Å². The van der Waals surface area contributed by atoms with Crippen LogP contribution in [0.2, 0.25) is 0 Å². The summed E-state index contributed by atoms with van der Waals surface area (Å²) in [5, 5.41) is 16.8. The number of nitrogens with one attached hydrogen (secondary N) is 2. The summed E-state index contributed by atoms with van der Waals surface area (Å²) in [6, 6.07) is 3.45. The Hall–Kier alpha value is -2.51. The smallest absolute Gasteiger partial charge is 0.276 e. The largest absolute Gasteiger partial charge is 0.385 e. The molecule has 0 spiro atoms. The van der Waals surface area contributed by atoms with E-state index in [0.29, 0.717) is 5.69 Å². The molecule has 94 valence electrons. The van der Waals surface area contributed by atoms with Gasteiger partial charge >= 0.3 is 0 Å². The third-order valence-electron chi connectivity index (χ3n) is 2.11. The summed E-state index contributed by atoms with van der Waals surface area (Å²) in [5.41, 5.74) is 1.13. The second-order valence-corrected chi connectivity index (χ2v) is 3.52. The number of carbonyl (C=O) groups excluding carboxylic acids is 1. The Morgan fingerprint density at radius 2 is 2.33 bits per heavy atom. The molecule has 0 saturated carbocycles. The highest BCUT2D eigenvalue weighted by atomic mass is 16.2. The average Bonchev–Trinajstić information content (AvgIpc) is 2.75. The Bertz CT molecular complexity index is 551. The fourth-order valence-corrected chi connectivity index (χ4v) is 1.37. The van der Waals surface area contributed by atoms with Crippen molar-refractivity contribution in [2.24, 2.45) is 7.05 Å². The minimum atomic E-state index is -0.372. The van der Waals surface area contributed by atoms with E-state index in [2.05, 4.69) is 31.0 Å². The molecule has 2 rings (SSSR count). The van der Waals surface area contributed by atoms with Crippen LogP contribution in [0.3, 0.4) is 0 Å². The van der Waals surface area contributed by atoms with E-state index in [1.807, 2.05) is 6.92 Å². The molecule has 8 heteroatoms. The van der Waals surface area contributed by atoms with Crippen LogP contribution in [-0.4, -0.2) is 37.6 Å². The number of rotatable bonds is 4. The van der Waals surface area contributed by atoms with Crippen LogP contribution in [0.4, 0.5) is 11.6 Å². The van der Waals surface area contributed by atoms with Crippen LogP contribution in [0.1, 0.15) is 17.4 Å². The van der Waals surface area contributed by atoms with Gasteiger partial charge in [0.1, 0.15) is 5.69 Å². The monoisotopic (exact) mass is 247 g/mol. The lowest BCUT2D eigenvalue weighted by Crippen LogP contribution is -2.15. The van der Waals surface area contributed by atoms with E-state index in [9.17, 15) is 4.79 Å². The van der Waals surface area contributed by atoms with Gasteiger partial charge in [0.15, 0.2) is 0 Å². The van der Waals surface area contributed by atoms with Crippen molar-refractivity contribution in [3.05, 3.63) is 24.0 Å². The highest BCUT2D eigenvalue weighted by molar-refractivity contribution is 6.02. The first-order valence-corrected chi connectivity index (χ1v) is 5.44. The molecule has 2 aromatic heterocycles. The van der Waals surface area contributed by atoms with Crippen molar-refractivity contribution in [2.75, 3.05) is 17.2 Å². The molecule has 0 aliphatic carbocycles. The minimum absolute atomic E-state index is 0.151. The molecule has 0 atom stereocenters. The molecule has 2 aromatic rings. The van der Waals surface area contributed by atoms with Crippen molar-refractivity contribution in [1.82, 2.24) is 25.2 Å². The van der Waals surface area contributed by atoms with Crippen molar-refractivity contribution in [1.29, 1.82) is 0 Å². The summed E-state index contributed by atoms with van der Waals surface area (Å²) in [4.78, 5) is 17.1. The van der Waals surface area contributed by atoms with Gasteiger partial charge in [0.05, 0.1) is 7.05 Å². The number of pyridine rings is 1. The molecule has 18 heavy (non-hydrogen) atoms. The van der Waals surface area contributed by atoms with Crippen molar-refractivity contribution < 1.29 is 4.79 Å². The van der Waals surface area contributed by atoms with Crippen LogP contribution >= 0.6 is 0 Å². The Morgan fingerprint density at radius 3 is 3.00 bits per heavy atom. The number of aryl methyl sites for hydroxylation is 1. The predicted octanol–water partition coefficient (Wildman–Crippen LogP) is 0.289. The lowest BCUT2D eigenvalue weighted by atomic mass is 10.3. The number of hydrogen-bond donors (Lipinski definition) is 2. The van der Waals surface area contributed by atoms with E-state index >= 15 is 0 Å². The molecular formula is C10H13N7O. The summed E-state index contributed by atoms with van der Waals surface area (Å²) in [6.45, 7) is 2.75. The lowest BCUT2D eigenvalue weighted by Gasteiger charge is -2.04. The molecule has 0 bridgehead atoms. The summed E-state index contributed by atoms with van der Waals surface area (Å²) in [5.74, 6) is -0.221. The number of hydrogen-bond acceptors (Lipinski definition) is 6. The van der Waals surface area contributed by atoms with Gasteiger partial charge in [0, 0.05) is 18.4 Å². The number of nitrogens with zero attached hydrogens (tertiary/aromatic N) is 5. The first-order chi connectivity index (χ1) is 8.69. The van der Waals surface area contributed by atoms with Gasteiger partial charge in [-0.05, 0) is 24.3 Å². The quantitative estimate of drug-likeness (QED) is 0.805.